The first-order valence-corrected chi connectivity index (χ1v) is 9.34. The van der Waals surface area contributed by atoms with Gasteiger partial charge in [-0.1, -0.05) is 36.4 Å². The fraction of sp³-hybridized carbons (Fsp3) is 0.364. The molecular weight excluding hydrogens is 361 g/mol. The number of carbonyl (C=O) groups is 2. The predicted octanol–water partition coefficient (Wildman–Crippen LogP) is 3.17. The summed E-state index contributed by atoms with van der Waals surface area (Å²) in [6.07, 6.45) is 1.08. The van der Waals surface area contributed by atoms with Crippen molar-refractivity contribution in [2.24, 2.45) is 0 Å². The van der Waals surface area contributed by atoms with Gasteiger partial charge in [-0.05, 0) is 48.6 Å². The Labute approximate surface area is 163 Å². The molecule has 2 aromatic carbocycles. The van der Waals surface area contributed by atoms with Crippen LogP contribution >= 0.6 is 0 Å². The zero-order valence-electron chi connectivity index (χ0n) is 15.8. The highest BCUT2D eigenvalue weighted by Crippen LogP contribution is 2.37. The van der Waals surface area contributed by atoms with Gasteiger partial charge in [-0.25, -0.2) is 4.39 Å². The molecule has 28 heavy (non-hydrogen) atoms. The van der Waals surface area contributed by atoms with Crippen LogP contribution in [0.15, 0.2) is 48.5 Å². The highest BCUT2D eigenvalue weighted by atomic mass is 19.1. The van der Waals surface area contributed by atoms with Crippen LogP contribution in [0.5, 0.6) is 0 Å². The van der Waals surface area contributed by atoms with Gasteiger partial charge >= 0.3 is 5.97 Å². The molecule has 1 aliphatic rings. The fourth-order valence-corrected chi connectivity index (χ4v) is 3.86. The fourth-order valence-electron chi connectivity index (χ4n) is 3.86. The molecule has 3 rings (SSSR count). The van der Waals surface area contributed by atoms with Crippen LogP contribution in [0, 0.1) is 12.7 Å². The molecule has 1 heterocycles. The molecule has 2 aromatic rings. The third-order valence-electron chi connectivity index (χ3n) is 5.48. The van der Waals surface area contributed by atoms with Gasteiger partial charge < -0.3 is 15.2 Å². The summed E-state index contributed by atoms with van der Waals surface area (Å²) in [4.78, 5) is 25.0. The smallest absolute Gasteiger partial charge is 0.312 e. The van der Waals surface area contributed by atoms with Crippen LogP contribution in [0.2, 0.25) is 0 Å². The molecule has 1 amide bonds. The van der Waals surface area contributed by atoms with Crippen LogP contribution in [0.25, 0.3) is 0 Å². The molecule has 0 aliphatic carbocycles. The number of nitrogens with one attached hydrogen (secondary N) is 1. The van der Waals surface area contributed by atoms with Crippen molar-refractivity contribution in [3.05, 3.63) is 71.0 Å². The van der Waals surface area contributed by atoms with E-state index in [1.165, 1.54) is 24.3 Å². The second-order valence-electron chi connectivity index (χ2n) is 7.16. The molecular formula is C22H24FNO4. The summed E-state index contributed by atoms with van der Waals surface area (Å²) in [7, 11) is 0. The van der Waals surface area contributed by atoms with E-state index in [-0.39, 0.29) is 12.5 Å². The van der Waals surface area contributed by atoms with Crippen LogP contribution in [0.3, 0.4) is 0 Å². The summed E-state index contributed by atoms with van der Waals surface area (Å²) in [5, 5.41) is 12.4. The normalized spacial score (nSPS) is 16.9. The molecule has 1 aliphatic heterocycles. The van der Waals surface area contributed by atoms with Gasteiger partial charge in [-0.15, -0.1) is 0 Å². The van der Waals surface area contributed by atoms with Gasteiger partial charge in [-0.2, -0.15) is 0 Å². The minimum Gasteiger partial charge on any atom is -0.481 e. The summed E-state index contributed by atoms with van der Waals surface area (Å²) in [6.45, 7) is 2.86. The lowest BCUT2D eigenvalue weighted by molar-refractivity contribution is -0.139. The number of carboxylic acids is 1. The number of carbonyl (C=O) groups excluding carboxylic acids is 1. The van der Waals surface area contributed by atoms with Crippen molar-refractivity contribution in [2.45, 2.75) is 31.1 Å². The summed E-state index contributed by atoms with van der Waals surface area (Å²) in [5.41, 5.74) is 1.68. The number of carboxylic acid groups (broad SMARTS) is 1. The van der Waals surface area contributed by atoms with Gasteiger partial charge in [0.15, 0.2) is 0 Å². The molecule has 6 heteroatoms. The third kappa shape index (κ3) is 4.07. The first-order chi connectivity index (χ1) is 13.4. The minimum atomic E-state index is -1.07. The summed E-state index contributed by atoms with van der Waals surface area (Å²) >= 11 is 0. The Morgan fingerprint density at radius 3 is 2.39 bits per heavy atom. The number of hydrogen-bond donors (Lipinski definition) is 2. The van der Waals surface area contributed by atoms with Gasteiger partial charge in [0, 0.05) is 19.8 Å². The van der Waals surface area contributed by atoms with Crippen molar-refractivity contribution >= 4 is 11.9 Å². The SMILES string of the molecule is Cc1ccccc1C1(C(=O)NCC(C(=O)O)c2ccc(F)cc2)CCOCC1. The van der Waals surface area contributed by atoms with Crippen molar-refractivity contribution in [1.29, 1.82) is 0 Å². The van der Waals surface area contributed by atoms with Gasteiger partial charge in [0.1, 0.15) is 5.82 Å². The van der Waals surface area contributed by atoms with E-state index in [0.717, 1.165) is 11.1 Å². The molecule has 1 fully saturated rings. The molecule has 0 bridgehead atoms. The number of rotatable bonds is 6. The summed E-state index contributed by atoms with van der Waals surface area (Å²) in [6, 6.07) is 13.1. The van der Waals surface area contributed by atoms with E-state index in [2.05, 4.69) is 5.32 Å². The van der Waals surface area contributed by atoms with E-state index >= 15 is 0 Å². The number of halogens is 1. The number of amides is 1. The quantitative estimate of drug-likeness (QED) is 0.801. The molecule has 1 atom stereocenters. The first-order valence-electron chi connectivity index (χ1n) is 9.34. The van der Waals surface area contributed by atoms with E-state index in [1.807, 2.05) is 31.2 Å². The van der Waals surface area contributed by atoms with Crippen molar-refractivity contribution in [3.8, 4) is 0 Å². The zero-order valence-corrected chi connectivity index (χ0v) is 15.8. The maximum absolute atomic E-state index is 13.3. The minimum absolute atomic E-state index is 0.0612. The molecule has 1 unspecified atom stereocenters. The molecule has 0 spiro atoms. The molecule has 2 N–H and O–H groups in total. The van der Waals surface area contributed by atoms with E-state index in [9.17, 15) is 19.1 Å². The first kappa shape index (κ1) is 20.0. The van der Waals surface area contributed by atoms with Crippen LogP contribution in [0.4, 0.5) is 4.39 Å². The second-order valence-corrected chi connectivity index (χ2v) is 7.16. The Balaban J connectivity index is 1.83. The number of benzene rings is 2. The number of aryl methyl sites for hydroxylation is 1. The Hall–Kier alpha value is -2.73. The van der Waals surface area contributed by atoms with E-state index in [0.29, 0.717) is 31.6 Å². The maximum Gasteiger partial charge on any atom is 0.312 e. The Bertz CT molecular complexity index is 844. The van der Waals surface area contributed by atoms with E-state index in [1.54, 1.807) is 0 Å². The van der Waals surface area contributed by atoms with Gasteiger partial charge in [-0.3, -0.25) is 9.59 Å². The third-order valence-corrected chi connectivity index (χ3v) is 5.48. The van der Waals surface area contributed by atoms with E-state index < -0.39 is 23.1 Å². The van der Waals surface area contributed by atoms with Gasteiger partial charge in [0.05, 0.1) is 11.3 Å². The molecule has 148 valence electrons. The lowest BCUT2D eigenvalue weighted by Gasteiger charge is -2.37. The number of hydrogen-bond acceptors (Lipinski definition) is 3. The molecule has 1 saturated heterocycles. The average molecular weight is 385 g/mol. The second kappa shape index (κ2) is 8.52. The lowest BCUT2D eigenvalue weighted by Crippen LogP contribution is -2.49. The topological polar surface area (TPSA) is 75.6 Å². The number of aliphatic carboxylic acids is 1. The van der Waals surface area contributed by atoms with Crippen LogP contribution in [-0.2, 0) is 19.7 Å². The maximum atomic E-state index is 13.3. The predicted molar refractivity (Wildman–Crippen MR) is 103 cm³/mol. The van der Waals surface area contributed by atoms with Crippen LogP contribution < -0.4 is 5.32 Å². The van der Waals surface area contributed by atoms with Crippen molar-refractivity contribution in [2.75, 3.05) is 19.8 Å². The Morgan fingerprint density at radius 2 is 1.79 bits per heavy atom. The van der Waals surface area contributed by atoms with Gasteiger partial charge in [0.2, 0.25) is 5.91 Å². The lowest BCUT2D eigenvalue weighted by atomic mass is 9.71. The largest absolute Gasteiger partial charge is 0.481 e. The molecule has 5 nitrogen and oxygen atoms in total. The van der Waals surface area contributed by atoms with Crippen LogP contribution in [0.1, 0.15) is 35.4 Å². The number of ether oxygens (including phenoxy) is 1. The average Bonchev–Trinajstić information content (AvgIpc) is 2.70. The summed E-state index contributed by atoms with van der Waals surface area (Å²) < 4.78 is 18.6. The molecule has 0 radical (unpaired) electrons. The molecule has 0 saturated carbocycles. The summed E-state index contributed by atoms with van der Waals surface area (Å²) in [5.74, 6) is -2.64. The van der Waals surface area contributed by atoms with Crippen molar-refractivity contribution in [1.82, 2.24) is 5.32 Å². The highest BCUT2D eigenvalue weighted by Gasteiger charge is 2.42. The van der Waals surface area contributed by atoms with Gasteiger partial charge in [0.25, 0.3) is 0 Å². The Kier molecular flexibility index (Phi) is 6.09. The Morgan fingerprint density at radius 1 is 1.14 bits per heavy atom. The standard InChI is InChI=1S/C22H24FNO4/c1-15-4-2-3-5-19(15)22(10-12-28-13-11-22)21(27)24-14-18(20(25)26)16-6-8-17(23)9-7-16/h2-9,18H,10-14H2,1H3,(H,24,27)(H,25,26). The van der Waals surface area contributed by atoms with Crippen molar-refractivity contribution < 1.29 is 23.8 Å². The van der Waals surface area contributed by atoms with Crippen molar-refractivity contribution in [3.63, 3.8) is 0 Å². The monoisotopic (exact) mass is 385 g/mol. The van der Waals surface area contributed by atoms with E-state index in [4.69, 9.17) is 4.74 Å². The highest BCUT2D eigenvalue weighted by molar-refractivity contribution is 5.89. The van der Waals surface area contributed by atoms with Crippen LogP contribution in [-0.4, -0.2) is 36.7 Å². The zero-order chi connectivity index (χ0) is 20.1. The molecule has 0 aromatic heterocycles.